The van der Waals surface area contributed by atoms with Gasteiger partial charge < -0.3 is 4.90 Å². The maximum Gasteiger partial charge on any atom is 0.356 e. The Kier molecular flexibility index (Phi) is 4.68. The summed E-state index contributed by atoms with van der Waals surface area (Å²) < 4.78 is 14.7. The van der Waals surface area contributed by atoms with E-state index in [9.17, 15) is 14.0 Å². The summed E-state index contributed by atoms with van der Waals surface area (Å²) in [5.74, 6) is -1.81. The average molecular weight is 316 g/mol. The van der Waals surface area contributed by atoms with Gasteiger partial charge in [0, 0.05) is 19.7 Å². The van der Waals surface area contributed by atoms with Crippen LogP contribution in [0.2, 0.25) is 0 Å². The number of nitrogens with zero attached hydrogens (tertiary/aromatic N) is 4. The maximum atomic E-state index is 14.1. The van der Waals surface area contributed by atoms with Crippen LogP contribution in [0.5, 0.6) is 0 Å². The topological polar surface area (TPSA) is 67.6 Å². The minimum absolute atomic E-state index is 0.353. The molecule has 0 saturated carbocycles. The summed E-state index contributed by atoms with van der Waals surface area (Å²) in [7, 11) is 3.40. The van der Waals surface area contributed by atoms with Gasteiger partial charge in [-0.3, -0.25) is 4.79 Å². The molecule has 0 aliphatic rings. The molecule has 0 N–H and O–H groups in total. The van der Waals surface area contributed by atoms with Crippen LogP contribution in [0.25, 0.3) is 0 Å². The van der Waals surface area contributed by atoms with Crippen molar-refractivity contribution < 1.29 is 9.18 Å². The molecule has 0 amide bonds. The van der Waals surface area contributed by atoms with E-state index in [2.05, 4.69) is 9.98 Å². The van der Waals surface area contributed by atoms with Crippen LogP contribution in [0.3, 0.4) is 0 Å². The number of hydrogen-bond acceptors (Lipinski definition) is 4. The molecule has 1 aromatic heterocycles. The Balaban J connectivity index is 2.51. The Hall–Kier alpha value is -2.83. The highest BCUT2D eigenvalue weighted by molar-refractivity contribution is 5.98. The molecule has 0 unspecified atom stereocenters. The minimum atomic E-state index is -0.870. The van der Waals surface area contributed by atoms with Crippen LogP contribution in [-0.4, -0.2) is 40.8 Å². The van der Waals surface area contributed by atoms with Crippen molar-refractivity contribution in [3.63, 3.8) is 0 Å². The molecule has 0 saturated heterocycles. The summed E-state index contributed by atoms with van der Waals surface area (Å²) in [5, 5.41) is 0. The molecule has 1 aromatic carbocycles. The molecule has 23 heavy (non-hydrogen) atoms. The Morgan fingerprint density at radius 3 is 2.48 bits per heavy atom. The van der Waals surface area contributed by atoms with Crippen molar-refractivity contribution in [1.29, 1.82) is 0 Å². The quantitative estimate of drug-likeness (QED) is 0.641. The summed E-state index contributed by atoms with van der Waals surface area (Å²) in [5.41, 5.74) is 0.902. The molecule has 0 aliphatic carbocycles. The second-order valence-electron chi connectivity index (χ2n) is 5.35. The first kappa shape index (κ1) is 16.5. The first-order valence-corrected chi connectivity index (χ1v) is 6.92. The van der Waals surface area contributed by atoms with Crippen molar-refractivity contribution in [3.8, 4) is 0 Å². The van der Waals surface area contributed by atoms with Crippen molar-refractivity contribution in [2.45, 2.75) is 13.8 Å². The van der Waals surface area contributed by atoms with E-state index in [4.69, 9.17) is 0 Å². The Morgan fingerprint density at radius 2 is 1.91 bits per heavy atom. The number of hydrogen-bond donors (Lipinski definition) is 0. The van der Waals surface area contributed by atoms with Gasteiger partial charge in [0.2, 0.25) is 0 Å². The highest BCUT2D eigenvalue weighted by Gasteiger charge is 2.18. The molecule has 6 nitrogen and oxygen atoms in total. The molecular weight excluding hydrogens is 299 g/mol. The van der Waals surface area contributed by atoms with E-state index in [0.717, 1.165) is 6.20 Å². The number of aliphatic imine (C=N–C) groups is 1. The Labute approximate surface area is 132 Å². The van der Waals surface area contributed by atoms with E-state index >= 15 is 0 Å². The first-order valence-electron chi connectivity index (χ1n) is 6.92. The number of rotatable bonds is 3. The summed E-state index contributed by atoms with van der Waals surface area (Å²) >= 11 is 0. The number of aromatic nitrogens is 2. The van der Waals surface area contributed by atoms with Gasteiger partial charge in [-0.25, -0.2) is 18.7 Å². The number of aryl methyl sites for hydroxylation is 2. The standard InChI is InChI=1S/C16H17FN4O2/c1-10-6-5-7-11(2)13(10)15(22)21-8-12(17)14(19-16(21)23)18-9-20(3)4/h5-9H,1-4H3. The van der Waals surface area contributed by atoms with Crippen LogP contribution < -0.4 is 5.69 Å². The van der Waals surface area contributed by atoms with Gasteiger partial charge in [0.1, 0.15) is 0 Å². The lowest BCUT2D eigenvalue weighted by molar-refractivity contribution is 0.0951. The number of halogens is 1. The molecule has 0 atom stereocenters. The molecule has 7 heteroatoms. The first-order chi connectivity index (χ1) is 10.8. The minimum Gasteiger partial charge on any atom is -0.369 e. The van der Waals surface area contributed by atoms with E-state index in [1.54, 1.807) is 45.0 Å². The fourth-order valence-electron chi connectivity index (χ4n) is 2.10. The van der Waals surface area contributed by atoms with E-state index in [0.29, 0.717) is 21.3 Å². The summed E-state index contributed by atoms with van der Waals surface area (Å²) in [6.07, 6.45) is 2.15. The van der Waals surface area contributed by atoms with Crippen molar-refractivity contribution in [2.75, 3.05) is 14.1 Å². The van der Waals surface area contributed by atoms with Crippen molar-refractivity contribution >= 4 is 18.1 Å². The van der Waals surface area contributed by atoms with Gasteiger partial charge in [-0.05, 0) is 25.0 Å². The third kappa shape index (κ3) is 3.50. The molecule has 2 rings (SSSR count). The average Bonchev–Trinajstić information content (AvgIpc) is 2.47. The summed E-state index contributed by atoms with van der Waals surface area (Å²) in [4.78, 5) is 33.5. The van der Waals surface area contributed by atoms with Crippen LogP contribution in [0.15, 0.2) is 34.2 Å². The fraction of sp³-hybridized carbons (Fsp3) is 0.250. The van der Waals surface area contributed by atoms with E-state index in [1.807, 2.05) is 6.07 Å². The summed E-state index contributed by atoms with van der Waals surface area (Å²) in [6.45, 7) is 3.51. The second kappa shape index (κ2) is 6.51. The van der Waals surface area contributed by atoms with E-state index < -0.39 is 17.4 Å². The lowest BCUT2D eigenvalue weighted by Gasteiger charge is -2.10. The van der Waals surface area contributed by atoms with Crippen molar-refractivity contribution in [1.82, 2.24) is 14.5 Å². The third-order valence-corrected chi connectivity index (χ3v) is 3.19. The smallest absolute Gasteiger partial charge is 0.356 e. The predicted octanol–water partition coefficient (Wildman–Crippen LogP) is 1.91. The molecular formula is C16H17FN4O2. The molecule has 0 radical (unpaired) electrons. The molecule has 1 heterocycles. The highest BCUT2D eigenvalue weighted by atomic mass is 19.1. The van der Waals surface area contributed by atoms with Crippen LogP contribution in [0, 0.1) is 19.7 Å². The Morgan fingerprint density at radius 1 is 1.30 bits per heavy atom. The van der Waals surface area contributed by atoms with Crippen LogP contribution >= 0.6 is 0 Å². The molecule has 2 aromatic rings. The fourth-order valence-corrected chi connectivity index (χ4v) is 2.10. The maximum absolute atomic E-state index is 14.1. The van der Waals surface area contributed by atoms with Gasteiger partial charge in [0.05, 0.1) is 12.5 Å². The van der Waals surface area contributed by atoms with Gasteiger partial charge in [-0.1, -0.05) is 18.2 Å². The van der Waals surface area contributed by atoms with Gasteiger partial charge in [-0.2, -0.15) is 4.98 Å². The molecule has 120 valence electrons. The van der Waals surface area contributed by atoms with E-state index in [1.165, 1.54) is 6.34 Å². The summed E-state index contributed by atoms with van der Waals surface area (Å²) in [6, 6.07) is 5.32. The largest absolute Gasteiger partial charge is 0.369 e. The SMILES string of the molecule is Cc1cccc(C)c1C(=O)n1cc(F)c(N=CN(C)C)nc1=O. The van der Waals surface area contributed by atoms with Gasteiger partial charge in [0.15, 0.2) is 11.6 Å². The molecule has 0 fully saturated rings. The van der Waals surface area contributed by atoms with Crippen LogP contribution in [0.4, 0.5) is 10.2 Å². The second-order valence-corrected chi connectivity index (χ2v) is 5.35. The zero-order valence-corrected chi connectivity index (χ0v) is 13.4. The molecule has 0 spiro atoms. The predicted molar refractivity (Wildman–Crippen MR) is 85.9 cm³/mol. The Bertz CT molecular complexity index is 820. The molecule has 0 aliphatic heterocycles. The molecule has 0 bridgehead atoms. The zero-order valence-electron chi connectivity index (χ0n) is 13.4. The number of benzene rings is 1. The third-order valence-electron chi connectivity index (χ3n) is 3.19. The lowest BCUT2D eigenvalue weighted by Crippen LogP contribution is -2.30. The van der Waals surface area contributed by atoms with Crippen molar-refractivity contribution in [2.24, 2.45) is 4.99 Å². The van der Waals surface area contributed by atoms with Crippen LogP contribution in [0.1, 0.15) is 21.5 Å². The van der Waals surface area contributed by atoms with Crippen LogP contribution in [-0.2, 0) is 0 Å². The monoisotopic (exact) mass is 316 g/mol. The lowest BCUT2D eigenvalue weighted by atomic mass is 10.0. The number of carbonyl (C=O) groups is 1. The van der Waals surface area contributed by atoms with Crippen molar-refractivity contribution in [3.05, 3.63) is 57.4 Å². The van der Waals surface area contributed by atoms with Gasteiger partial charge in [0.25, 0.3) is 5.91 Å². The van der Waals surface area contributed by atoms with E-state index in [-0.39, 0.29) is 5.82 Å². The zero-order chi connectivity index (χ0) is 17.1. The van der Waals surface area contributed by atoms with Gasteiger partial charge in [-0.15, -0.1) is 0 Å². The normalized spacial score (nSPS) is 11.0. The van der Waals surface area contributed by atoms with Gasteiger partial charge >= 0.3 is 5.69 Å². The highest BCUT2D eigenvalue weighted by Crippen LogP contribution is 2.16. The number of carbonyl (C=O) groups excluding carboxylic acids is 1.